The summed E-state index contributed by atoms with van der Waals surface area (Å²) in [5.74, 6) is -0.234. The van der Waals surface area contributed by atoms with Gasteiger partial charge in [0.05, 0.1) is 16.3 Å². The zero-order valence-electron chi connectivity index (χ0n) is 18.5. The van der Waals surface area contributed by atoms with E-state index in [1.54, 1.807) is 6.07 Å². The lowest BCUT2D eigenvalue weighted by molar-refractivity contribution is -0.383. The molecule has 8 heteroatoms. The number of carbonyl (C=O) groups excluding carboxylic acids is 1. The molecular formula is C25H25N5O3. The zero-order chi connectivity index (χ0) is 23.1. The van der Waals surface area contributed by atoms with Crippen molar-refractivity contribution in [2.75, 3.05) is 23.7 Å². The van der Waals surface area contributed by atoms with E-state index in [4.69, 9.17) is 10.8 Å². The SMILES string of the molecule is CC1=C(c2ccc([N+](=O)[O-])c(N)c2)C(=O)n2nc(-c3ccccc3)c(N3CCCCC3)c2C1. The van der Waals surface area contributed by atoms with Crippen LogP contribution in [0.5, 0.6) is 0 Å². The standard InChI is InChI=1S/C25H25N5O3/c1-16-14-21-24(28-12-6-3-7-13-28)23(17-8-4-2-5-9-17)27-29(21)25(31)22(16)18-10-11-20(30(32)33)19(26)15-18/h2,4-5,8-11,15H,3,6-7,12-14,26H2,1H3. The van der Waals surface area contributed by atoms with Gasteiger partial charge in [0.25, 0.3) is 11.6 Å². The van der Waals surface area contributed by atoms with Gasteiger partial charge in [0.15, 0.2) is 0 Å². The summed E-state index contributed by atoms with van der Waals surface area (Å²) in [7, 11) is 0. The van der Waals surface area contributed by atoms with Gasteiger partial charge in [0.1, 0.15) is 11.4 Å². The summed E-state index contributed by atoms with van der Waals surface area (Å²) in [6.45, 7) is 3.83. The van der Waals surface area contributed by atoms with Crippen molar-refractivity contribution in [3.63, 3.8) is 0 Å². The van der Waals surface area contributed by atoms with Crippen LogP contribution in [0.2, 0.25) is 0 Å². The smallest absolute Gasteiger partial charge is 0.292 e. The number of rotatable bonds is 4. The Morgan fingerprint density at radius 1 is 1.03 bits per heavy atom. The third-order valence-corrected chi connectivity index (χ3v) is 6.45. The number of carbonyl (C=O) groups is 1. The molecule has 0 atom stereocenters. The van der Waals surface area contributed by atoms with Crippen LogP contribution in [0.3, 0.4) is 0 Å². The molecule has 0 bridgehead atoms. The lowest BCUT2D eigenvalue weighted by atomic mass is 9.92. The molecule has 8 nitrogen and oxygen atoms in total. The van der Waals surface area contributed by atoms with Crippen molar-refractivity contribution < 1.29 is 9.72 Å². The molecule has 0 radical (unpaired) electrons. The summed E-state index contributed by atoms with van der Waals surface area (Å²) in [5, 5.41) is 16.0. The molecule has 3 heterocycles. The molecule has 5 rings (SSSR count). The van der Waals surface area contributed by atoms with E-state index in [2.05, 4.69) is 4.90 Å². The van der Waals surface area contributed by atoms with Gasteiger partial charge >= 0.3 is 0 Å². The van der Waals surface area contributed by atoms with Crippen LogP contribution < -0.4 is 10.6 Å². The molecule has 2 aromatic carbocycles. The topological polar surface area (TPSA) is 107 Å². The monoisotopic (exact) mass is 443 g/mol. The van der Waals surface area contributed by atoms with E-state index >= 15 is 0 Å². The molecule has 1 aromatic heterocycles. The Morgan fingerprint density at radius 2 is 1.76 bits per heavy atom. The van der Waals surface area contributed by atoms with Crippen LogP contribution in [0.1, 0.15) is 42.2 Å². The average molecular weight is 444 g/mol. The number of nitro benzene ring substituents is 1. The number of nitro groups is 1. The first kappa shape index (κ1) is 20.9. The summed E-state index contributed by atoms with van der Waals surface area (Å²) in [4.78, 5) is 26.7. The van der Waals surface area contributed by atoms with E-state index in [0.29, 0.717) is 17.6 Å². The number of nitrogens with two attached hydrogens (primary N) is 1. The van der Waals surface area contributed by atoms with Crippen LogP contribution >= 0.6 is 0 Å². The van der Waals surface area contributed by atoms with Crippen molar-refractivity contribution in [2.24, 2.45) is 0 Å². The summed E-state index contributed by atoms with van der Waals surface area (Å²) in [5.41, 5.74) is 11.5. The zero-order valence-corrected chi connectivity index (χ0v) is 18.5. The summed E-state index contributed by atoms with van der Waals surface area (Å²) < 4.78 is 1.52. The van der Waals surface area contributed by atoms with Crippen LogP contribution in [-0.2, 0) is 6.42 Å². The number of fused-ring (bicyclic) bond motifs is 1. The van der Waals surface area contributed by atoms with E-state index in [0.717, 1.165) is 54.1 Å². The van der Waals surface area contributed by atoms with Crippen molar-refractivity contribution in [2.45, 2.75) is 32.6 Å². The normalized spacial score (nSPS) is 16.2. The second-order valence-electron chi connectivity index (χ2n) is 8.64. The lowest BCUT2D eigenvalue weighted by Gasteiger charge is -2.30. The Bertz CT molecular complexity index is 1290. The Hall–Kier alpha value is -3.94. The maximum atomic E-state index is 13.7. The predicted octanol–water partition coefficient (Wildman–Crippen LogP) is 4.70. The number of hydrogen-bond donors (Lipinski definition) is 1. The van der Waals surface area contributed by atoms with Crippen LogP contribution in [0.15, 0.2) is 54.1 Å². The van der Waals surface area contributed by atoms with Gasteiger partial charge in [-0.1, -0.05) is 35.9 Å². The lowest BCUT2D eigenvalue weighted by Crippen LogP contribution is -2.31. The van der Waals surface area contributed by atoms with Crippen LogP contribution in [-0.4, -0.2) is 33.7 Å². The molecule has 2 N–H and O–H groups in total. The number of nitrogens with zero attached hydrogens (tertiary/aromatic N) is 4. The van der Waals surface area contributed by atoms with Gasteiger partial charge in [-0.3, -0.25) is 14.9 Å². The summed E-state index contributed by atoms with van der Waals surface area (Å²) in [6, 6.07) is 14.4. The van der Waals surface area contributed by atoms with E-state index in [1.807, 2.05) is 37.3 Å². The van der Waals surface area contributed by atoms with E-state index in [1.165, 1.54) is 23.2 Å². The van der Waals surface area contributed by atoms with Crippen LogP contribution in [0, 0.1) is 10.1 Å². The van der Waals surface area contributed by atoms with Gasteiger partial charge in [-0.2, -0.15) is 9.78 Å². The number of aromatic nitrogens is 2. The Kier molecular flexibility index (Phi) is 5.20. The van der Waals surface area contributed by atoms with Gasteiger partial charge in [-0.15, -0.1) is 0 Å². The molecule has 3 aromatic rings. The van der Waals surface area contributed by atoms with Crippen molar-refractivity contribution >= 4 is 28.5 Å². The minimum Gasteiger partial charge on any atom is -0.393 e. The number of hydrogen-bond acceptors (Lipinski definition) is 6. The minimum absolute atomic E-state index is 0.0378. The molecule has 0 saturated carbocycles. The molecule has 0 unspecified atom stereocenters. The Balaban J connectivity index is 1.63. The fourth-order valence-electron chi connectivity index (χ4n) is 4.89. The number of allylic oxidation sites excluding steroid dienone is 2. The first-order valence-corrected chi connectivity index (χ1v) is 11.2. The highest BCUT2D eigenvalue weighted by Gasteiger charge is 2.33. The van der Waals surface area contributed by atoms with Crippen LogP contribution in [0.4, 0.5) is 17.1 Å². The minimum atomic E-state index is -0.522. The quantitative estimate of drug-likeness (QED) is 0.356. The highest BCUT2D eigenvalue weighted by Crippen LogP contribution is 2.40. The summed E-state index contributed by atoms with van der Waals surface area (Å²) >= 11 is 0. The molecule has 0 spiro atoms. The van der Waals surface area contributed by atoms with Gasteiger partial charge < -0.3 is 10.6 Å². The molecule has 0 aliphatic carbocycles. The van der Waals surface area contributed by atoms with E-state index in [9.17, 15) is 14.9 Å². The second-order valence-corrected chi connectivity index (χ2v) is 8.64. The fourth-order valence-corrected chi connectivity index (χ4v) is 4.89. The molecule has 168 valence electrons. The molecule has 1 fully saturated rings. The molecule has 2 aliphatic rings. The molecule has 1 saturated heterocycles. The average Bonchev–Trinajstić information content (AvgIpc) is 3.19. The fraction of sp³-hybridized carbons (Fsp3) is 0.280. The first-order valence-electron chi connectivity index (χ1n) is 11.2. The van der Waals surface area contributed by atoms with Crippen molar-refractivity contribution in [1.29, 1.82) is 0 Å². The second kappa shape index (κ2) is 8.20. The van der Waals surface area contributed by atoms with Gasteiger partial charge in [0, 0.05) is 36.7 Å². The van der Waals surface area contributed by atoms with E-state index < -0.39 is 4.92 Å². The molecule has 33 heavy (non-hydrogen) atoms. The third-order valence-electron chi connectivity index (χ3n) is 6.45. The summed E-state index contributed by atoms with van der Waals surface area (Å²) in [6.07, 6.45) is 4.03. The van der Waals surface area contributed by atoms with Crippen molar-refractivity contribution in [1.82, 2.24) is 9.78 Å². The predicted molar refractivity (Wildman–Crippen MR) is 128 cm³/mol. The number of piperidine rings is 1. The third kappa shape index (κ3) is 3.57. The van der Waals surface area contributed by atoms with Gasteiger partial charge in [-0.25, -0.2) is 0 Å². The highest BCUT2D eigenvalue weighted by molar-refractivity contribution is 6.23. The molecule has 0 amide bonds. The number of nitrogen functional groups attached to an aromatic ring is 1. The number of anilines is 2. The van der Waals surface area contributed by atoms with E-state index in [-0.39, 0.29) is 17.3 Å². The molecule has 2 aliphatic heterocycles. The first-order chi connectivity index (χ1) is 16.0. The number of benzene rings is 2. The van der Waals surface area contributed by atoms with Crippen molar-refractivity contribution in [3.8, 4) is 11.3 Å². The van der Waals surface area contributed by atoms with Gasteiger partial charge in [0.2, 0.25) is 0 Å². The van der Waals surface area contributed by atoms with Crippen LogP contribution in [0.25, 0.3) is 16.8 Å². The maximum Gasteiger partial charge on any atom is 0.292 e. The van der Waals surface area contributed by atoms with Gasteiger partial charge in [-0.05, 0) is 43.9 Å². The Labute approximate surface area is 191 Å². The molecular weight excluding hydrogens is 418 g/mol. The Morgan fingerprint density at radius 3 is 2.42 bits per heavy atom. The van der Waals surface area contributed by atoms with Crippen molar-refractivity contribution in [3.05, 3.63) is 75.5 Å². The highest BCUT2D eigenvalue weighted by atomic mass is 16.6. The maximum absolute atomic E-state index is 13.7. The largest absolute Gasteiger partial charge is 0.393 e.